The molecule has 7 heteroatoms. The topological polar surface area (TPSA) is 82.5 Å². The van der Waals surface area contributed by atoms with Crippen LogP contribution in [-0.2, 0) is 4.79 Å². The zero-order chi connectivity index (χ0) is 15.4. The molecular weight excluding hydrogens is 290 g/mol. The van der Waals surface area contributed by atoms with Crippen molar-refractivity contribution in [2.45, 2.75) is 26.2 Å². The molecule has 116 valence electrons. The first-order valence-electron chi connectivity index (χ1n) is 7.12. The maximum atomic E-state index is 12.2. The highest BCUT2D eigenvalue weighted by molar-refractivity contribution is 7.09. The highest BCUT2D eigenvalue weighted by atomic mass is 32.1. The molecule has 0 aromatic carbocycles. The first-order chi connectivity index (χ1) is 9.97. The highest BCUT2D eigenvalue weighted by Gasteiger charge is 2.31. The molecule has 2 amide bonds. The number of thiazole rings is 1. The van der Waals surface area contributed by atoms with Gasteiger partial charge in [0.1, 0.15) is 0 Å². The zero-order valence-electron chi connectivity index (χ0n) is 12.3. The maximum Gasteiger partial charge on any atom is 0.317 e. The van der Waals surface area contributed by atoms with Gasteiger partial charge >= 0.3 is 12.0 Å². The number of carboxylic acid groups (broad SMARTS) is 1. The Balaban J connectivity index is 1.86. The van der Waals surface area contributed by atoms with E-state index in [4.69, 9.17) is 5.11 Å². The minimum absolute atomic E-state index is 0.159. The van der Waals surface area contributed by atoms with E-state index in [0.717, 1.165) is 5.01 Å². The number of amides is 2. The second-order valence-electron chi connectivity index (χ2n) is 5.74. The van der Waals surface area contributed by atoms with E-state index in [1.807, 2.05) is 19.2 Å². The Morgan fingerprint density at radius 3 is 2.95 bits per heavy atom. The molecule has 0 spiro atoms. The number of carbonyl (C=O) groups excluding carboxylic acids is 1. The number of piperidine rings is 1. The average Bonchev–Trinajstić information content (AvgIpc) is 2.97. The number of hydrogen-bond donors (Lipinski definition) is 2. The lowest BCUT2D eigenvalue weighted by Crippen LogP contribution is -2.50. The molecule has 0 saturated carbocycles. The predicted molar refractivity (Wildman–Crippen MR) is 80.4 cm³/mol. The van der Waals surface area contributed by atoms with Crippen molar-refractivity contribution in [1.82, 2.24) is 15.2 Å². The summed E-state index contributed by atoms with van der Waals surface area (Å²) in [5.74, 6) is -0.917. The van der Waals surface area contributed by atoms with Gasteiger partial charge in [0.15, 0.2) is 0 Å². The molecule has 1 aliphatic rings. The Bertz CT molecular complexity index is 492. The first-order valence-corrected chi connectivity index (χ1v) is 8.00. The molecule has 2 rings (SSSR count). The summed E-state index contributed by atoms with van der Waals surface area (Å²) in [6.45, 7) is 5.40. The second-order valence-corrected chi connectivity index (χ2v) is 6.66. The Hall–Kier alpha value is -1.63. The molecule has 1 aliphatic heterocycles. The van der Waals surface area contributed by atoms with E-state index < -0.39 is 11.9 Å². The number of likely N-dealkylation sites (tertiary alicyclic amines) is 1. The van der Waals surface area contributed by atoms with Crippen LogP contribution < -0.4 is 5.32 Å². The number of carbonyl (C=O) groups is 2. The average molecular weight is 311 g/mol. The van der Waals surface area contributed by atoms with Gasteiger partial charge < -0.3 is 15.3 Å². The van der Waals surface area contributed by atoms with Crippen molar-refractivity contribution in [3.8, 4) is 0 Å². The lowest BCUT2D eigenvalue weighted by atomic mass is 9.91. The van der Waals surface area contributed by atoms with Crippen molar-refractivity contribution in [2.24, 2.45) is 11.8 Å². The van der Waals surface area contributed by atoms with Gasteiger partial charge in [-0.2, -0.15) is 0 Å². The van der Waals surface area contributed by atoms with Gasteiger partial charge in [0.05, 0.1) is 10.9 Å². The van der Waals surface area contributed by atoms with E-state index in [1.54, 1.807) is 22.4 Å². The number of rotatable bonds is 4. The lowest BCUT2D eigenvalue weighted by molar-refractivity contribution is -0.143. The first kappa shape index (κ1) is 15.8. The molecule has 2 N–H and O–H groups in total. The molecule has 3 unspecified atom stereocenters. The Morgan fingerprint density at radius 2 is 2.33 bits per heavy atom. The maximum absolute atomic E-state index is 12.2. The van der Waals surface area contributed by atoms with E-state index >= 15 is 0 Å². The van der Waals surface area contributed by atoms with Crippen LogP contribution in [0.3, 0.4) is 0 Å². The van der Waals surface area contributed by atoms with Gasteiger partial charge in [0.25, 0.3) is 0 Å². The van der Waals surface area contributed by atoms with Crippen molar-refractivity contribution in [1.29, 1.82) is 0 Å². The minimum atomic E-state index is -0.824. The fraction of sp³-hybridized carbons (Fsp3) is 0.643. The summed E-state index contributed by atoms with van der Waals surface area (Å²) in [5, 5.41) is 14.9. The van der Waals surface area contributed by atoms with E-state index in [0.29, 0.717) is 19.5 Å². The van der Waals surface area contributed by atoms with Crippen LogP contribution in [0.2, 0.25) is 0 Å². The molecule has 1 aromatic heterocycles. The Labute approximate surface area is 128 Å². The van der Waals surface area contributed by atoms with Gasteiger partial charge in [0, 0.05) is 37.1 Å². The van der Waals surface area contributed by atoms with Gasteiger partial charge in [-0.25, -0.2) is 9.78 Å². The summed E-state index contributed by atoms with van der Waals surface area (Å²) < 4.78 is 0. The molecule has 3 atom stereocenters. The molecular formula is C14H21N3O3S. The zero-order valence-corrected chi connectivity index (χ0v) is 13.1. The number of nitrogens with zero attached hydrogens (tertiary/aromatic N) is 2. The number of carboxylic acids is 1. The quantitative estimate of drug-likeness (QED) is 0.891. The molecule has 6 nitrogen and oxygen atoms in total. The van der Waals surface area contributed by atoms with Gasteiger partial charge in [-0.05, 0) is 12.3 Å². The van der Waals surface area contributed by atoms with Gasteiger partial charge in [-0.1, -0.05) is 13.8 Å². The van der Waals surface area contributed by atoms with Crippen molar-refractivity contribution < 1.29 is 14.7 Å². The largest absolute Gasteiger partial charge is 0.481 e. The van der Waals surface area contributed by atoms with E-state index in [9.17, 15) is 9.59 Å². The summed E-state index contributed by atoms with van der Waals surface area (Å²) in [5.41, 5.74) is 0. The van der Waals surface area contributed by atoms with Crippen LogP contribution in [0.5, 0.6) is 0 Å². The Kier molecular flexibility index (Phi) is 5.17. The van der Waals surface area contributed by atoms with Crippen molar-refractivity contribution >= 4 is 23.3 Å². The van der Waals surface area contributed by atoms with Crippen LogP contribution in [0.1, 0.15) is 31.2 Å². The normalized spacial score (nSPS) is 23.6. The molecule has 1 fully saturated rings. The number of hydrogen-bond acceptors (Lipinski definition) is 4. The SMILES string of the molecule is CC1CC(C(=O)O)CN(C(=O)NCC(C)c2nccs2)C1. The Morgan fingerprint density at radius 1 is 1.57 bits per heavy atom. The summed E-state index contributed by atoms with van der Waals surface area (Å²) in [6, 6.07) is -0.184. The number of urea groups is 1. The summed E-state index contributed by atoms with van der Waals surface area (Å²) in [4.78, 5) is 29.2. The third-order valence-corrected chi connectivity index (χ3v) is 4.74. The molecule has 1 saturated heterocycles. The molecule has 2 heterocycles. The van der Waals surface area contributed by atoms with Crippen LogP contribution in [0, 0.1) is 11.8 Å². The smallest absolute Gasteiger partial charge is 0.317 e. The molecule has 0 radical (unpaired) electrons. The third kappa shape index (κ3) is 4.17. The standard InChI is InChI=1S/C14H21N3O3S/c1-9-5-11(13(18)19)8-17(7-9)14(20)16-6-10(2)12-15-3-4-21-12/h3-4,9-11H,5-8H2,1-2H3,(H,16,20)(H,18,19). The predicted octanol–water partition coefficient (Wildman–Crippen LogP) is 2.00. The van der Waals surface area contributed by atoms with Crippen molar-refractivity contribution in [3.05, 3.63) is 16.6 Å². The van der Waals surface area contributed by atoms with Crippen molar-refractivity contribution in [3.63, 3.8) is 0 Å². The van der Waals surface area contributed by atoms with E-state index in [-0.39, 0.29) is 24.4 Å². The third-order valence-electron chi connectivity index (χ3n) is 3.73. The van der Waals surface area contributed by atoms with Gasteiger partial charge in [-0.15, -0.1) is 11.3 Å². The highest BCUT2D eigenvalue weighted by Crippen LogP contribution is 2.22. The monoisotopic (exact) mass is 311 g/mol. The van der Waals surface area contributed by atoms with Gasteiger partial charge in [-0.3, -0.25) is 4.79 Å². The fourth-order valence-electron chi connectivity index (χ4n) is 2.61. The number of aliphatic carboxylic acids is 1. The summed E-state index contributed by atoms with van der Waals surface area (Å²) >= 11 is 1.57. The lowest BCUT2D eigenvalue weighted by Gasteiger charge is -2.34. The van der Waals surface area contributed by atoms with E-state index in [2.05, 4.69) is 10.3 Å². The summed E-state index contributed by atoms with van der Waals surface area (Å²) in [7, 11) is 0. The summed E-state index contributed by atoms with van der Waals surface area (Å²) in [6.07, 6.45) is 2.39. The fourth-order valence-corrected chi connectivity index (χ4v) is 3.31. The molecule has 21 heavy (non-hydrogen) atoms. The minimum Gasteiger partial charge on any atom is -0.481 e. The number of aromatic nitrogens is 1. The second kappa shape index (κ2) is 6.89. The molecule has 1 aromatic rings. The van der Waals surface area contributed by atoms with Crippen LogP contribution in [0.4, 0.5) is 4.79 Å². The molecule has 0 bridgehead atoms. The van der Waals surface area contributed by atoms with Crippen LogP contribution >= 0.6 is 11.3 Å². The van der Waals surface area contributed by atoms with Crippen LogP contribution in [0.25, 0.3) is 0 Å². The number of nitrogens with one attached hydrogen (secondary N) is 1. The van der Waals surface area contributed by atoms with Crippen LogP contribution in [0.15, 0.2) is 11.6 Å². The molecule has 0 aliphatic carbocycles. The van der Waals surface area contributed by atoms with Crippen LogP contribution in [-0.4, -0.2) is 46.6 Å². The van der Waals surface area contributed by atoms with Crippen molar-refractivity contribution in [2.75, 3.05) is 19.6 Å². The van der Waals surface area contributed by atoms with E-state index in [1.165, 1.54) is 0 Å². The van der Waals surface area contributed by atoms with Gasteiger partial charge in [0.2, 0.25) is 0 Å².